The largest absolute Gasteiger partial charge is 0.466 e. The Hall–Kier alpha value is -0.610. The normalized spacial score (nSPS) is 9.83. The van der Waals surface area contributed by atoms with E-state index in [0.717, 1.165) is 16.8 Å². The molecule has 0 aliphatic rings. The molecule has 1 heterocycles. The lowest BCUT2D eigenvalue weighted by Gasteiger charge is -2.03. The van der Waals surface area contributed by atoms with Crippen molar-refractivity contribution in [3.05, 3.63) is 24.0 Å². The number of alkyl halides is 1. The van der Waals surface area contributed by atoms with Gasteiger partial charge in [-0.3, -0.25) is 4.98 Å². The van der Waals surface area contributed by atoms with E-state index in [0.29, 0.717) is 0 Å². The zero-order valence-corrected chi connectivity index (χ0v) is 8.37. The Morgan fingerprint density at radius 3 is 2.83 bits per heavy atom. The first-order chi connectivity index (χ1) is 5.86. The highest BCUT2D eigenvalue weighted by Crippen LogP contribution is 2.10. The maximum atomic E-state index is 5.15. The summed E-state index contributed by atoms with van der Waals surface area (Å²) >= 11 is 3.31. The van der Waals surface area contributed by atoms with Crippen molar-refractivity contribution in [1.82, 2.24) is 4.98 Å². The number of halogens is 1. The Labute approximate surface area is 79.8 Å². The highest BCUT2D eigenvalue weighted by Gasteiger charge is 1.94. The number of rotatable bonds is 4. The van der Waals surface area contributed by atoms with Crippen molar-refractivity contribution in [2.45, 2.75) is 5.33 Å². The maximum Gasteiger partial charge on any atom is 0.188 e. The third-order valence-corrected chi connectivity index (χ3v) is 1.85. The smallest absolute Gasteiger partial charge is 0.188 e. The fourth-order valence-electron chi connectivity index (χ4n) is 0.702. The van der Waals surface area contributed by atoms with Gasteiger partial charge >= 0.3 is 0 Å². The van der Waals surface area contributed by atoms with Crippen LogP contribution in [0.1, 0.15) is 5.69 Å². The standard InChI is InChI=1S/C8H10BrNO2/c1-11-6-12-8-3-2-7(4-9)10-5-8/h2-3,5H,4,6H2,1H3. The van der Waals surface area contributed by atoms with Crippen LogP contribution in [0.2, 0.25) is 0 Å². The molecule has 66 valence electrons. The Morgan fingerprint density at radius 2 is 2.33 bits per heavy atom. The van der Waals surface area contributed by atoms with Crippen molar-refractivity contribution in [2.75, 3.05) is 13.9 Å². The van der Waals surface area contributed by atoms with E-state index in [9.17, 15) is 0 Å². The van der Waals surface area contributed by atoms with Crippen molar-refractivity contribution < 1.29 is 9.47 Å². The average Bonchev–Trinajstić information content (AvgIpc) is 2.15. The maximum absolute atomic E-state index is 5.15. The van der Waals surface area contributed by atoms with Crippen LogP contribution >= 0.6 is 15.9 Å². The Kier molecular flexibility index (Phi) is 4.04. The van der Waals surface area contributed by atoms with Crippen molar-refractivity contribution >= 4 is 15.9 Å². The molecule has 1 rings (SSSR count). The molecular weight excluding hydrogens is 222 g/mol. The third kappa shape index (κ3) is 2.79. The first kappa shape index (κ1) is 9.48. The summed E-state index contributed by atoms with van der Waals surface area (Å²) in [7, 11) is 1.58. The van der Waals surface area contributed by atoms with Gasteiger partial charge in [-0.1, -0.05) is 15.9 Å². The molecule has 0 spiro atoms. The lowest BCUT2D eigenvalue weighted by molar-refractivity contribution is 0.0508. The van der Waals surface area contributed by atoms with Crippen molar-refractivity contribution in [2.24, 2.45) is 0 Å². The first-order valence-corrected chi connectivity index (χ1v) is 4.61. The van der Waals surface area contributed by atoms with E-state index in [2.05, 4.69) is 20.9 Å². The van der Waals surface area contributed by atoms with Gasteiger partial charge in [-0.05, 0) is 12.1 Å². The Balaban J connectivity index is 2.53. The summed E-state index contributed by atoms with van der Waals surface area (Å²) in [4.78, 5) is 4.12. The average molecular weight is 232 g/mol. The SMILES string of the molecule is COCOc1ccc(CBr)nc1. The van der Waals surface area contributed by atoms with Crippen LogP contribution in [0.4, 0.5) is 0 Å². The predicted molar refractivity (Wildman–Crippen MR) is 49.4 cm³/mol. The van der Waals surface area contributed by atoms with Gasteiger partial charge in [-0.25, -0.2) is 0 Å². The van der Waals surface area contributed by atoms with Gasteiger partial charge in [0.15, 0.2) is 6.79 Å². The molecule has 3 nitrogen and oxygen atoms in total. The minimum Gasteiger partial charge on any atom is -0.466 e. The van der Waals surface area contributed by atoms with Gasteiger partial charge in [0.1, 0.15) is 5.75 Å². The van der Waals surface area contributed by atoms with E-state index < -0.39 is 0 Å². The summed E-state index contributed by atoms with van der Waals surface area (Å²) in [6, 6.07) is 3.77. The molecule has 0 aliphatic heterocycles. The van der Waals surface area contributed by atoms with E-state index in [4.69, 9.17) is 9.47 Å². The third-order valence-electron chi connectivity index (χ3n) is 1.28. The second-order valence-corrected chi connectivity index (χ2v) is 2.73. The summed E-state index contributed by atoms with van der Waals surface area (Å²) in [6.45, 7) is 0.259. The van der Waals surface area contributed by atoms with E-state index in [1.807, 2.05) is 12.1 Å². The molecule has 0 saturated heterocycles. The molecule has 4 heteroatoms. The zero-order chi connectivity index (χ0) is 8.81. The predicted octanol–water partition coefficient (Wildman–Crippen LogP) is 1.96. The van der Waals surface area contributed by atoms with E-state index >= 15 is 0 Å². The van der Waals surface area contributed by atoms with E-state index in [-0.39, 0.29) is 6.79 Å². The number of aromatic nitrogens is 1. The summed E-state index contributed by atoms with van der Waals surface area (Å²) in [6.07, 6.45) is 1.68. The number of hydrogen-bond acceptors (Lipinski definition) is 3. The quantitative estimate of drug-likeness (QED) is 0.587. The lowest BCUT2D eigenvalue weighted by atomic mass is 10.4. The highest BCUT2D eigenvalue weighted by molar-refractivity contribution is 9.08. The van der Waals surface area contributed by atoms with Gasteiger partial charge in [0.2, 0.25) is 0 Å². The number of nitrogens with zero attached hydrogens (tertiary/aromatic N) is 1. The van der Waals surface area contributed by atoms with Gasteiger partial charge in [-0.15, -0.1) is 0 Å². The molecule has 0 atom stereocenters. The van der Waals surface area contributed by atoms with Crippen molar-refractivity contribution in [3.63, 3.8) is 0 Å². The monoisotopic (exact) mass is 231 g/mol. The molecule has 0 amide bonds. The molecule has 0 fully saturated rings. The molecular formula is C8H10BrNO2. The molecule has 12 heavy (non-hydrogen) atoms. The summed E-state index contributed by atoms with van der Waals surface area (Å²) < 4.78 is 9.90. The number of pyridine rings is 1. The van der Waals surface area contributed by atoms with Crippen LogP contribution in [0, 0.1) is 0 Å². The van der Waals surface area contributed by atoms with Gasteiger partial charge in [0.05, 0.1) is 11.9 Å². The van der Waals surface area contributed by atoms with Crippen LogP contribution < -0.4 is 4.74 Å². The molecule has 0 aromatic carbocycles. The molecule has 1 aromatic heterocycles. The summed E-state index contributed by atoms with van der Waals surface area (Å²) in [5.74, 6) is 0.724. The fourth-order valence-corrected chi connectivity index (χ4v) is 1.03. The highest BCUT2D eigenvalue weighted by atomic mass is 79.9. The molecule has 1 aromatic rings. The van der Waals surface area contributed by atoms with Crippen LogP contribution in [0.5, 0.6) is 5.75 Å². The van der Waals surface area contributed by atoms with Crippen LogP contribution in [0.15, 0.2) is 18.3 Å². The molecule has 0 saturated carbocycles. The van der Waals surface area contributed by atoms with Crippen LogP contribution in [-0.2, 0) is 10.1 Å². The minimum atomic E-state index is 0.259. The Morgan fingerprint density at radius 1 is 1.50 bits per heavy atom. The molecule has 0 unspecified atom stereocenters. The van der Waals surface area contributed by atoms with Crippen molar-refractivity contribution in [1.29, 1.82) is 0 Å². The molecule has 0 N–H and O–H groups in total. The summed E-state index contributed by atoms with van der Waals surface area (Å²) in [5, 5.41) is 0.761. The topological polar surface area (TPSA) is 31.4 Å². The first-order valence-electron chi connectivity index (χ1n) is 3.49. The molecule has 0 bridgehead atoms. The van der Waals surface area contributed by atoms with Gasteiger partial charge in [0.25, 0.3) is 0 Å². The van der Waals surface area contributed by atoms with E-state index in [1.54, 1.807) is 13.3 Å². The van der Waals surface area contributed by atoms with Crippen molar-refractivity contribution in [3.8, 4) is 5.75 Å². The molecule has 0 radical (unpaired) electrons. The van der Waals surface area contributed by atoms with Gasteiger partial charge in [0, 0.05) is 12.4 Å². The fraction of sp³-hybridized carbons (Fsp3) is 0.375. The van der Waals surface area contributed by atoms with Gasteiger partial charge < -0.3 is 9.47 Å². The minimum absolute atomic E-state index is 0.259. The lowest BCUT2D eigenvalue weighted by Crippen LogP contribution is -1.99. The van der Waals surface area contributed by atoms with Crippen LogP contribution in [0.3, 0.4) is 0 Å². The number of ether oxygens (including phenoxy) is 2. The van der Waals surface area contributed by atoms with Crippen LogP contribution in [0.25, 0.3) is 0 Å². The van der Waals surface area contributed by atoms with E-state index in [1.165, 1.54) is 0 Å². The zero-order valence-electron chi connectivity index (χ0n) is 6.79. The Bertz CT molecular complexity index is 225. The second kappa shape index (κ2) is 5.11. The number of hydrogen-bond donors (Lipinski definition) is 0. The number of methoxy groups -OCH3 is 1. The summed E-state index contributed by atoms with van der Waals surface area (Å²) in [5.41, 5.74) is 0.986. The molecule has 0 aliphatic carbocycles. The second-order valence-electron chi connectivity index (χ2n) is 2.17. The van der Waals surface area contributed by atoms with Crippen LogP contribution in [-0.4, -0.2) is 18.9 Å². The van der Waals surface area contributed by atoms with Gasteiger partial charge in [-0.2, -0.15) is 0 Å².